The fraction of sp³-hybridized carbons (Fsp3) is 0.308. The van der Waals surface area contributed by atoms with Gasteiger partial charge in [0.1, 0.15) is 11.6 Å². The van der Waals surface area contributed by atoms with Gasteiger partial charge in [-0.15, -0.1) is 0 Å². The van der Waals surface area contributed by atoms with Gasteiger partial charge in [-0.25, -0.2) is 13.8 Å². The number of hydrogen-bond donors (Lipinski definition) is 1. The zero-order valence-corrected chi connectivity index (χ0v) is 10.1. The van der Waals surface area contributed by atoms with Crippen LogP contribution < -0.4 is 5.32 Å². The van der Waals surface area contributed by atoms with Crippen molar-refractivity contribution in [1.29, 1.82) is 0 Å². The lowest BCUT2D eigenvalue weighted by Crippen LogP contribution is -2.29. The highest BCUT2D eigenvalue weighted by molar-refractivity contribution is 5.18. The highest BCUT2D eigenvalue weighted by atomic mass is 19.1. The summed E-state index contributed by atoms with van der Waals surface area (Å²) in [5.74, 6) is -1.07. The van der Waals surface area contributed by atoms with Crippen molar-refractivity contribution in [2.45, 2.75) is 26.1 Å². The average molecular weight is 251 g/mol. The van der Waals surface area contributed by atoms with E-state index >= 15 is 0 Å². The van der Waals surface area contributed by atoms with Crippen LogP contribution in [0.4, 0.5) is 8.78 Å². The van der Waals surface area contributed by atoms with Crippen molar-refractivity contribution >= 4 is 0 Å². The van der Waals surface area contributed by atoms with Gasteiger partial charge in [-0.05, 0) is 13.0 Å². The molecule has 1 unspecified atom stereocenters. The molecule has 0 saturated heterocycles. The van der Waals surface area contributed by atoms with E-state index in [1.807, 2.05) is 17.7 Å². The van der Waals surface area contributed by atoms with Crippen LogP contribution in [0.5, 0.6) is 0 Å². The molecule has 0 aliphatic rings. The predicted octanol–water partition coefficient (Wildman–Crippen LogP) is 2.34. The smallest absolute Gasteiger partial charge is 0.130 e. The Hall–Kier alpha value is -1.75. The van der Waals surface area contributed by atoms with Crippen LogP contribution in [-0.2, 0) is 13.1 Å². The van der Waals surface area contributed by atoms with Gasteiger partial charge in [0.25, 0.3) is 0 Å². The minimum absolute atomic E-state index is 0.170. The van der Waals surface area contributed by atoms with E-state index in [2.05, 4.69) is 10.3 Å². The van der Waals surface area contributed by atoms with Gasteiger partial charge in [0, 0.05) is 43.2 Å². The van der Waals surface area contributed by atoms with Gasteiger partial charge in [0.05, 0.1) is 6.33 Å². The lowest BCUT2D eigenvalue weighted by atomic mass is 10.2. The van der Waals surface area contributed by atoms with E-state index in [1.54, 1.807) is 12.5 Å². The normalized spacial score (nSPS) is 12.6. The molecule has 0 bridgehead atoms. The highest BCUT2D eigenvalue weighted by Crippen LogP contribution is 2.09. The first-order valence-corrected chi connectivity index (χ1v) is 5.78. The molecule has 1 aromatic heterocycles. The monoisotopic (exact) mass is 251 g/mol. The van der Waals surface area contributed by atoms with Gasteiger partial charge in [-0.3, -0.25) is 0 Å². The van der Waals surface area contributed by atoms with Crippen LogP contribution in [-0.4, -0.2) is 15.6 Å². The number of halogens is 2. The Morgan fingerprint density at radius 1 is 1.39 bits per heavy atom. The third-order valence-electron chi connectivity index (χ3n) is 2.70. The van der Waals surface area contributed by atoms with Crippen molar-refractivity contribution < 1.29 is 8.78 Å². The van der Waals surface area contributed by atoms with Crippen molar-refractivity contribution in [1.82, 2.24) is 14.9 Å². The SMILES string of the molecule is CC(Cn1ccnc1)NCc1ccc(F)cc1F. The largest absolute Gasteiger partial charge is 0.336 e. The van der Waals surface area contributed by atoms with Gasteiger partial charge in [-0.1, -0.05) is 6.07 Å². The molecule has 1 aromatic carbocycles. The van der Waals surface area contributed by atoms with E-state index in [1.165, 1.54) is 12.1 Å². The number of rotatable bonds is 5. The van der Waals surface area contributed by atoms with Gasteiger partial charge in [0.2, 0.25) is 0 Å². The molecule has 1 atom stereocenters. The fourth-order valence-corrected chi connectivity index (χ4v) is 1.72. The average Bonchev–Trinajstić information content (AvgIpc) is 2.80. The summed E-state index contributed by atoms with van der Waals surface area (Å²) in [7, 11) is 0. The van der Waals surface area contributed by atoms with Gasteiger partial charge >= 0.3 is 0 Å². The van der Waals surface area contributed by atoms with Crippen LogP contribution in [0.15, 0.2) is 36.9 Å². The van der Waals surface area contributed by atoms with Crippen molar-refractivity contribution in [2.24, 2.45) is 0 Å². The van der Waals surface area contributed by atoms with Crippen molar-refractivity contribution in [3.63, 3.8) is 0 Å². The van der Waals surface area contributed by atoms with Crippen LogP contribution in [0.1, 0.15) is 12.5 Å². The summed E-state index contributed by atoms with van der Waals surface area (Å²) in [5, 5.41) is 3.19. The number of hydrogen-bond acceptors (Lipinski definition) is 2. The number of aromatic nitrogens is 2. The highest BCUT2D eigenvalue weighted by Gasteiger charge is 2.06. The summed E-state index contributed by atoms with van der Waals surface area (Å²) >= 11 is 0. The summed E-state index contributed by atoms with van der Waals surface area (Å²) in [4.78, 5) is 3.95. The number of benzene rings is 1. The Kier molecular flexibility index (Phi) is 4.04. The first kappa shape index (κ1) is 12.7. The summed E-state index contributed by atoms with van der Waals surface area (Å²) in [6.45, 7) is 3.13. The topological polar surface area (TPSA) is 29.9 Å². The molecule has 96 valence electrons. The fourth-order valence-electron chi connectivity index (χ4n) is 1.72. The summed E-state index contributed by atoms with van der Waals surface area (Å²) < 4.78 is 28.1. The summed E-state index contributed by atoms with van der Waals surface area (Å²) in [5.41, 5.74) is 0.467. The first-order valence-electron chi connectivity index (χ1n) is 5.78. The second-order valence-corrected chi connectivity index (χ2v) is 4.28. The summed E-state index contributed by atoms with van der Waals surface area (Å²) in [6.07, 6.45) is 5.32. The molecular weight excluding hydrogens is 236 g/mol. The second-order valence-electron chi connectivity index (χ2n) is 4.28. The minimum atomic E-state index is -0.553. The second kappa shape index (κ2) is 5.73. The zero-order chi connectivity index (χ0) is 13.0. The van der Waals surface area contributed by atoms with Crippen molar-refractivity contribution in [3.8, 4) is 0 Å². The van der Waals surface area contributed by atoms with Gasteiger partial charge in [-0.2, -0.15) is 0 Å². The molecular formula is C13H15F2N3. The van der Waals surface area contributed by atoms with Gasteiger partial charge in [0.15, 0.2) is 0 Å². The third kappa shape index (κ3) is 3.37. The minimum Gasteiger partial charge on any atom is -0.336 e. The Morgan fingerprint density at radius 2 is 2.22 bits per heavy atom. The summed E-state index contributed by atoms with van der Waals surface area (Å²) in [6, 6.07) is 3.79. The predicted molar refractivity (Wildman–Crippen MR) is 64.9 cm³/mol. The molecule has 0 amide bonds. The zero-order valence-electron chi connectivity index (χ0n) is 10.1. The quantitative estimate of drug-likeness (QED) is 0.884. The Labute approximate surface area is 104 Å². The lowest BCUT2D eigenvalue weighted by molar-refractivity contribution is 0.467. The lowest BCUT2D eigenvalue weighted by Gasteiger charge is -2.14. The molecule has 2 rings (SSSR count). The van der Waals surface area contributed by atoms with Crippen molar-refractivity contribution in [2.75, 3.05) is 0 Å². The molecule has 1 heterocycles. The molecule has 0 saturated carbocycles. The molecule has 0 aliphatic carbocycles. The first-order chi connectivity index (χ1) is 8.65. The maximum Gasteiger partial charge on any atom is 0.130 e. The molecule has 2 aromatic rings. The molecule has 0 fully saturated rings. The van der Waals surface area contributed by atoms with Crippen LogP contribution in [0.2, 0.25) is 0 Å². The van der Waals surface area contributed by atoms with E-state index in [4.69, 9.17) is 0 Å². The van der Waals surface area contributed by atoms with E-state index < -0.39 is 11.6 Å². The van der Waals surface area contributed by atoms with Gasteiger partial charge < -0.3 is 9.88 Å². The van der Waals surface area contributed by atoms with Crippen LogP contribution >= 0.6 is 0 Å². The van der Waals surface area contributed by atoms with E-state index in [0.717, 1.165) is 12.6 Å². The molecule has 0 aliphatic heterocycles. The van der Waals surface area contributed by atoms with Crippen LogP contribution in [0, 0.1) is 11.6 Å². The van der Waals surface area contributed by atoms with Crippen molar-refractivity contribution in [3.05, 3.63) is 54.1 Å². The molecule has 0 spiro atoms. The third-order valence-corrected chi connectivity index (χ3v) is 2.70. The van der Waals surface area contributed by atoms with Crippen LogP contribution in [0.3, 0.4) is 0 Å². The van der Waals surface area contributed by atoms with E-state index in [9.17, 15) is 8.78 Å². The molecule has 0 radical (unpaired) electrons. The Bertz CT molecular complexity index is 497. The molecule has 18 heavy (non-hydrogen) atoms. The van der Waals surface area contributed by atoms with Crippen LogP contribution in [0.25, 0.3) is 0 Å². The molecule has 3 nitrogen and oxygen atoms in total. The number of nitrogens with zero attached hydrogens (tertiary/aromatic N) is 2. The molecule has 5 heteroatoms. The Balaban J connectivity index is 1.87. The molecule has 1 N–H and O–H groups in total. The van der Waals surface area contributed by atoms with E-state index in [-0.39, 0.29) is 6.04 Å². The number of nitrogens with one attached hydrogen (secondary N) is 1. The maximum absolute atomic E-state index is 13.4. The maximum atomic E-state index is 13.4. The number of imidazole rings is 1. The standard InChI is InChI=1S/C13H15F2N3/c1-10(8-18-5-4-16-9-18)17-7-11-2-3-12(14)6-13(11)15/h2-6,9-10,17H,7-8H2,1H3. The Morgan fingerprint density at radius 3 is 2.89 bits per heavy atom. The van der Waals surface area contributed by atoms with E-state index in [0.29, 0.717) is 12.1 Å².